The Labute approximate surface area is 103 Å². The van der Waals surface area contributed by atoms with Crippen LogP contribution in [0.3, 0.4) is 0 Å². The third-order valence-electron chi connectivity index (χ3n) is 3.49. The molecule has 1 N–H and O–H groups in total. The molecule has 2 unspecified atom stereocenters. The van der Waals surface area contributed by atoms with Crippen LogP contribution in [0.15, 0.2) is 6.20 Å². The van der Waals surface area contributed by atoms with Gasteiger partial charge in [-0.25, -0.2) is 4.68 Å². The number of nitrogens with one attached hydrogen (secondary N) is 1. The van der Waals surface area contributed by atoms with Crippen LogP contribution in [0, 0.1) is 5.92 Å². The summed E-state index contributed by atoms with van der Waals surface area (Å²) in [5.41, 5.74) is 0. The molecule has 96 valence electrons. The maximum absolute atomic E-state index is 4.11. The lowest BCUT2D eigenvalue weighted by atomic mass is 9.94. The standard InChI is InChI=1S/C12H23N5/c1-4-6-17-12(8-13-15-17)14-11-5-7-16(3)9-10(11)2/h8,10-11,14H,4-7,9H2,1-3H3. The summed E-state index contributed by atoms with van der Waals surface area (Å²) in [4.78, 5) is 2.39. The van der Waals surface area contributed by atoms with Gasteiger partial charge < -0.3 is 10.2 Å². The van der Waals surface area contributed by atoms with E-state index in [0.717, 1.165) is 31.9 Å². The zero-order valence-electron chi connectivity index (χ0n) is 11.1. The second-order valence-corrected chi connectivity index (χ2v) is 5.12. The summed E-state index contributed by atoms with van der Waals surface area (Å²) in [6.45, 7) is 7.72. The normalized spacial score (nSPS) is 26.1. The first-order valence-corrected chi connectivity index (χ1v) is 6.54. The summed E-state index contributed by atoms with van der Waals surface area (Å²) in [6, 6.07) is 0.542. The van der Waals surface area contributed by atoms with Gasteiger partial charge in [-0.05, 0) is 32.4 Å². The van der Waals surface area contributed by atoms with Crippen molar-refractivity contribution in [2.45, 2.75) is 39.3 Å². The third-order valence-corrected chi connectivity index (χ3v) is 3.49. The summed E-state index contributed by atoms with van der Waals surface area (Å²) >= 11 is 0. The Hall–Kier alpha value is -1.10. The van der Waals surface area contributed by atoms with Crippen molar-refractivity contribution >= 4 is 5.82 Å². The highest BCUT2D eigenvalue weighted by Gasteiger charge is 2.24. The lowest BCUT2D eigenvalue weighted by Crippen LogP contribution is -2.43. The van der Waals surface area contributed by atoms with Crippen LogP contribution in [-0.2, 0) is 6.54 Å². The molecular formula is C12H23N5. The van der Waals surface area contributed by atoms with Crippen LogP contribution in [0.25, 0.3) is 0 Å². The first-order chi connectivity index (χ1) is 8.20. The van der Waals surface area contributed by atoms with Gasteiger partial charge in [0.2, 0.25) is 0 Å². The molecule has 2 heterocycles. The van der Waals surface area contributed by atoms with Crippen LogP contribution >= 0.6 is 0 Å². The molecule has 1 aromatic heterocycles. The second-order valence-electron chi connectivity index (χ2n) is 5.12. The van der Waals surface area contributed by atoms with Crippen LogP contribution in [-0.4, -0.2) is 46.1 Å². The highest BCUT2D eigenvalue weighted by Crippen LogP contribution is 2.19. The van der Waals surface area contributed by atoms with Gasteiger partial charge in [-0.1, -0.05) is 19.1 Å². The molecule has 0 amide bonds. The monoisotopic (exact) mass is 237 g/mol. The predicted molar refractivity (Wildman–Crippen MR) is 69.0 cm³/mol. The quantitative estimate of drug-likeness (QED) is 0.860. The summed E-state index contributed by atoms with van der Waals surface area (Å²) in [5, 5.41) is 11.7. The highest BCUT2D eigenvalue weighted by molar-refractivity contribution is 5.33. The molecule has 5 nitrogen and oxygen atoms in total. The maximum atomic E-state index is 4.11. The summed E-state index contributed by atoms with van der Waals surface area (Å²) in [5.74, 6) is 1.73. The van der Waals surface area contributed by atoms with Crippen LogP contribution in [0.4, 0.5) is 5.82 Å². The molecule has 0 aromatic carbocycles. The van der Waals surface area contributed by atoms with Gasteiger partial charge in [-0.2, -0.15) is 0 Å². The molecule has 17 heavy (non-hydrogen) atoms. The molecule has 0 spiro atoms. The van der Waals surface area contributed by atoms with Crippen LogP contribution in [0.1, 0.15) is 26.7 Å². The third kappa shape index (κ3) is 2.97. The van der Waals surface area contributed by atoms with Crippen molar-refractivity contribution in [3.63, 3.8) is 0 Å². The van der Waals surface area contributed by atoms with E-state index in [4.69, 9.17) is 0 Å². The number of rotatable bonds is 4. The minimum Gasteiger partial charge on any atom is -0.366 e. The molecule has 2 rings (SSSR count). The maximum Gasteiger partial charge on any atom is 0.145 e. The summed E-state index contributed by atoms with van der Waals surface area (Å²) in [7, 11) is 2.19. The molecule has 5 heteroatoms. The summed E-state index contributed by atoms with van der Waals surface area (Å²) in [6.07, 6.45) is 4.11. The fourth-order valence-electron chi connectivity index (χ4n) is 2.50. The number of aromatic nitrogens is 3. The van der Waals surface area contributed by atoms with Crippen LogP contribution < -0.4 is 5.32 Å². The topological polar surface area (TPSA) is 46.0 Å². The number of hydrogen-bond acceptors (Lipinski definition) is 4. The molecular weight excluding hydrogens is 214 g/mol. The van der Waals surface area contributed by atoms with Gasteiger partial charge in [-0.15, -0.1) is 5.10 Å². The van der Waals surface area contributed by atoms with Crippen LogP contribution in [0.5, 0.6) is 0 Å². The first-order valence-electron chi connectivity index (χ1n) is 6.54. The smallest absolute Gasteiger partial charge is 0.145 e. The molecule has 0 bridgehead atoms. The average Bonchev–Trinajstić information content (AvgIpc) is 2.71. The van der Waals surface area contributed by atoms with Crippen molar-refractivity contribution in [3.05, 3.63) is 6.20 Å². The van der Waals surface area contributed by atoms with Crippen molar-refractivity contribution < 1.29 is 0 Å². The van der Waals surface area contributed by atoms with Gasteiger partial charge in [0.25, 0.3) is 0 Å². The van der Waals surface area contributed by atoms with E-state index in [-0.39, 0.29) is 0 Å². The van der Waals surface area contributed by atoms with Crippen molar-refractivity contribution in [3.8, 4) is 0 Å². The Morgan fingerprint density at radius 1 is 1.53 bits per heavy atom. The minimum absolute atomic E-state index is 0.542. The first kappa shape index (κ1) is 12.4. The van der Waals surface area contributed by atoms with E-state index in [9.17, 15) is 0 Å². The molecule has 1 aliphatic heterocycles. The van der Waals surface area contributed by atoms with E-state index in [1.807, 2.05) is 10.9 Å². The Morgan fingerprint density at radius 3 is 3.06 bits per heavy atom. The van der Waals surface area contributed by atoms with Gasteiger partial charge in [0, 0.05) is 19.1 Å². The number of hydrogen-bond donors (Lipinski definition) is 1. The zero-order chi connectivity index (χ0) is 12.3. The largest absolute Gasteiger partial charge is 0.366 e. The van der Waals surface area contributed by atoms with Crippen molar-refractivity contribution in [1.29, 1.82) is 0 Å². The van der Waals surface area contributed by atoms with Crippen LogP contribution in [0.2, 0.25) is 0 Å². The fourth-order valence-corrected chi connectivity index (χ4v) is 2.50. The number of likely N-dealkylation sites (tertiary alicyclic amines) is 1. The van der Waals surface area contributed by atoms with Crippen molar-refractivity contribution in [2.75, 3.05) is 25.5 Å². The Bertz CT molecular complexity index is 348. The number of piperidine rings is 1. The van der Waals surface area contributed by atoms with Crippen molar-refractivity contribution in [1.82, 2.24) is 19.9 Å². The fraction of sp³-hybridized carbons (Fsp3) is 0.833. The van der Waals surface area contributed by atoms with E-state index >= 15 is 0 Å². The lowest BCUT2D eigenvalue weighted by molar-refractivity contribution is 0.205. The summed E-state index contributed by atoms with van der Waals surface area (Å²) < 4.78 is 1.96. The predicted octanol–water partition coefficient (Wildman–Crippen LogP) is 1.44. The van der Waals surface area contributed by atoms with Gasteiger partial charge in [-0.3, -0.25) is 0 Å². The van der Waals surface area contributed by atoms with Gasteiger partial charge in [0.1, 0.15) is 5.82 Å². The minimum atomic E-state index is 0.542. The zero-order valence-corrected chi connectivity index (χ0v) is 11.1. The molecule has 1 saturated heterocycles. The number of aryl methyl sites for hydroxylation is 1. The molecule has 1 aromatic rings. The van der Waals surface area contributed by atoms with E-state index in [2.05, 4.69) is 41.4 Å². The van der Waals surface area contributed by atoms with E-state index < -0.39 is 0 Å². The second kappa shape index (κ2) is 5.49. The molecule has 1 aliphatic rings. The molecule has 1 fully saturated rings. The molecule has 2 atom stereocenters. The number of nitrogens with zero attached hydrogens (tertiary/aromatic N) is 4. The SMILES string of the molecule is CCCn1nncc1NC1CCN(C)CC1C. The Kier molecular flexibility index (Phi) is 3.99. The van der Waals surface area contributed by atoms with Gasteiger partial charge >= 0.3 is 0 Å². The average molecular weight is 237 g/mol. The molecule has 0 radical (unpaired) electrons. The lowest BCUT2D eigenvalue weighted by Gasteiger charge is -2.35. The van der Waals surface area contributed by atoms with Crippen molar-refractivity contribution in [2.24, 2.45) is 5.92 Å². The Balaban J connectivity index is 1.97. The van der Waals surface area contributed by atoms with Gasteiger partial charge in [0.15, 0.2) is 0 Å². The Morgan fingerprint density at radius 2 is 2.35 bits per heavy atom. The highest BCUT2D eigenvalue weighted by atomic mass is 15.5. The number of anilines is 1. The van der Waals surface area contributed by atoms with E-state index in [0.29, 0.717) is 12.0 Å². The van der Waals surface area contributed by atoms with E-state index in [1.54, 1.807) is 0 Å². The molecule has 0 saturated carbocycles. The molecule has 0 aliphatic carbocycles. The van der Waals surface area contributed by atoms with E-state index in [1.165, 1.54) is 6.42 Å². The van der Waals surface area contributed by atoms with Gasteiger partial charge in [0.05, 0.1) is 6.20 Å².